The highest BCUT2D eigenvalue weighted by atomic mass is 32.2. The van der Waals surface area contributed by atoms with Crippen LogP contribution in [-0.2, 0) is 17.1 Å². The van der Waals surface area contributed by atoms with Gasteiger partial charge < -0.3 is 5.32 Å². The summed E-state index contributed by atoms with van der Waals surface area (Å²) in [5, 5.41) is 7.22. The number of hydrogen-bond donors (Lipinski definition) is 2. The lowest BCUT2D eigenvalue weighted by atomic mass is 10.3. The highest BCUT2D eigenvalue weighted by molar-refractivity contribution is 7.92. The van der Waals surface area contributed by atoms with Crippen molar-refractivity contribution in [1.29, 1.82) is 0 Å². The Kier molecular flexibility index (Phi) is 6.14. The summed E-state index contributed by atoms with van der Waals surface area (Å²) >= 11 is 0. The van der Waals surface area contributed by atoms with Gasteiger partial charge in [0.1, 0.15) is 0 Å². The van der Waals surface area contributed by atoms with E-state index >= 15 is 0 Å². The largest absolute Gasteiger partial charge is 0.317 e. The van der Waals surface area contributed by atoms with Gasteiger partial charge in [0, 0.05) is 19.3 Å². The molecule has 0 atom stereocenters. The van der Waals surface area contributed by atoms with Gasteiger partial charge in [0.2, 0.25) is 10.0 Å². The normalized spacial score (nSPS) is 11.7. The molecule has 1 heterocycles. The minimum absolute atomic E-state index is 0.136. The van der Waals surface area contributed by atoms with Crippen molar-refractivity contribution < 1.29 is 8.42 Å². The SMILES string of the molecule is CCCNCCCCS(=O)(=O)Nc1ccn(C)n1. The Morgan fingerprint density at radius 3 is 2.72 bits per heavy atom. The Hall–Kier alpha value is -1.08. The molecule has 7 heteroatoms. The van der Waals surface area contributed by atoms with Crippen LogP contribution in [0.3, 0.4) is 0 Å². The first-order valence-corrected chi connectivity index (χ1v) is 7.89. The molecule has 0 amide bonds. The number of rotatable bonds is 9. The van der Waals surface area contributed by atoms with E-state index in [1.54, 1.807) is 24.0 Å². The zero-order valence-corrected chi connectivity index (χ0v) is 11.8. The van der Waals surface area contributed by atoms with Crippen LogP contribution in [0.2, 0.25) is 0 Å². The fourth-order valence-electron chi connectivity index (χ4n) is 1.52. The van der Waals surface area contributed by atoms with Gasteiger partial charge >= 0.3 is 0 Å². The molecule has 0 bridgehead atoms. The van der Waals surface area contributed by atoms with Gasteiger partial charge in [-0.2, -0.15) is 5.10 Å². The molecule has 2 N–H and O–H groups in total. The summed E-state index contributed by atoms with van der Waals surface area (Å²) < 4.78 is 27.5. The smallest absolute Gasteiger partial charge is 0.233 e. The van der Waals surface area contributed by atoms with Crippen LogP contribution in [0.25, 0.3) is 0 Å². The minimum Gasteiger partial charge on any atom is -0.317 e. The zero-order valence-electron chi connectivity index (χ0n) is 11.0. The fraction of sp³-hybridized carbons (Fsp3) is 0.727. The van der Waals surface area contributed by atoms with Crippen molar-refractivity contribution in [2.75, 3.05) is 23.6 Å². The van der Waals surface area contributed by atoms with Gasteiger partial charge in [-0.25, -0.2) is 8.42 Å². The summed E-state index contributed by atoms with van der Waals surface area (Å²) in [5.74, 6) is 0.513. The third-order valence-corrected chi connectivity index (χ3v) is 3.76. The minimum atomic E-state index is -3.27. The third-order valence-electron chi connectivity index (χ3n) is 2.42. The number of aromatic nitrogens is 2. The maximum atomic E-state index is 11.7. The lowest BCUT2D eigenvalue weighted by Gasteiger charge is -2.05. The van der Waals surface area contributed by atoms with Gasteiger partial charge in [-0.05, 0) is 32.4 Å². The van der Waals surface area contributed by atoms with Crippen LogP contribution in [0.1, 0.15) is 26.2 Å². The summed E-state index contributed by atoms with van der Waals surface area (Å²) in [6, 6.07) is 1.64. The number of anilines is 1. The summed E-state index contributed by atoms with van der Waals surface area (Å²) in [4.78, 5) is 0. The number of nitrogens with zero attached hydrogens (tertiary/aromatic N) is 2. The highest BCUT2D eigenvalue weighted by Crippen LogP contribution is 2.06. The Bertz CT molecular complexity index is 442. The van der Waals surface area contributed by atoms with Gasteiger partial charge in [0.05, 0.1) is 5.75 Å². The van der Waals surface area contributed by atoms with E-state index in [1.165, 1.54) is 0 Å². The topological polar surface area (TPSA) is 76.0 Å². The van der Waals surface area contributed by atoms with Crippen LogP contribution >= 0.6 is 0 Å². The molecule has 104 valence electrons. The predicted molar refractivity (Wildman–Crippen MR) is 73.0 cm³/mol. The molecule has 0 saturated heterocycles. The van der Waals surface area contributed by atoms with Crippen LogP contribution in [0.5, 0.6) is 0 Å². The standard InChI is InChI=1S/C11H22N4O2S/c1-3-7-12-8-4-5-10-18(16,17)14-11-6-9-15(2)13-11/h6,9,12H,3-5,7-8,10H2,1-2H3,(H,13,14). The second-order valence-corrected chi connectivity index (χ2v) is 6.09. The number of nitrogens with one attached hydrogen (secondary N) is 2. The second-order valence-electron chi connectivity index (χ2n) is 4.25. The monoisotopic (exact) mass is 274 g/mol. The summed E-state index contributed by atoms with van der Waals surface area (Å²) in [6.45, 7) is 3.96. The van der Waals surface area contributed by atoms with E-state index in [4.69, 9.17) is 0 Å². The van der Waals surface area contributed by atoms with Crippen molar-refractivity contribution in [2.24, 2.45) is 7.05 Å². The van der Waals surface area contributed by atoms with Gasteiger partial charge in [-0.3, -0.25) is 9.40 Å². The molecule has 0 aliphatic carbocycles. The molecule has 6 nitrogen and oxygen atoms in total. The van der Waals surface area contributed by atoms with Crippen molar-refractivity contribution in [3.05, 3.63) is 12.3 Å². The van der Waals surface area contributed by atoms with E-state index in [-0.39, 0.29) is 5.75 Å². The van der Waals surface area contributed by atoms with Crippen molar-refractivity contribution in [1.82, 2.24) is 15.1 Å². The van der Waals surface area contributed by atoms with Gasteiger partial charge in [0.25, 0.3) is 0 Å². The first kappa shape index (κ1) is 15.0. The quantitative estimate of drug-likeness (QED) is 0.657. The summed E-state index contributed by atoms with van der Waals surface area (Å²) in [6.07, 6.45) is 4.31. The van der Waals surface area contributed by atoms with E-state index in [2.05, 4.69) is 22.1 Å². The van der Waals surface area contributed by atoms with E-state index in [0.29, 0.717) is 12.2 Å². The van der Waals surface area contributed by atoms with Crippen LogP contribution < -0.4 is 10.0 Å². The number of hydrogen-bond acceptors (Lipinski definition) is 4. The van der Waals surface area contributed by atoms with Gasteiger partial charge in [-0.15, -0.1) is 0 Å². The van der Waals surface area contributed by atoms with E-state index in [0.717, 1.165) is 25.9 Å². The van der Waals surface area contributed by atoms with E-state index in [9.17, 15) is 8.42 Å². The molecular weight excluding hydrogens is 252 g/mol. The molecule has 0 aliphatic heterocycles. The Labute approximate surface area is 109 Å². The van der Waals surface area contributed by atoms with Crippen LogP contribution in [0.15, 0.2) is 12.3 Å². The van der Waals surface area contributed by atoms with Crippen molar-refractivity contribution >= 4 is 15.8 Å². The van der Waals surface area contributed by atoms with Crippen LogP contribution in [0.4, 0.5) is 5.82 Å². The maximum Gasteiger partial charge on any atom is 0.233 e. The first-order valence-electron chi connectivity index (χ1n) is 6.24. The number of unbranched alkanes of at least 4 members (excludes halogenated alkanes) is 1. The highest BCUT2D eigenvalue weighted by Gasteiger charge is 2.11. The van der Waals surface area contributed by atoms with Crippen molar-refractivity contribution in [3.8, 4) is 0 Å². The lowest BCUT2D eigenvalue weighted by molar-refractivity contribution is 0.590. The molecule has 0 saturated carbocycles. The molecular formula is C11H22N4O2S. The average molecular weight is 274 g/mol. The fourth-order valence-corrected chi connectivity index (χ4v) is 2.64. The van der Waals surface area contributed by atoms with E-state index < -0.39 is 10.0 Å². The number of sulfonamides is 1. The van der Waals surface area contributed by atoms with Crippen LogP contribution in [0, 0.1) is 0 Å². The maximum absolute atomic E-state index is 11.7. The Balaban J connectivity index is 2.23. The molecule has 0 spiro atoms. The summed E-state index contributed by atoms with van der Waals surface area (Å²) in [5.41, 5.74) is 0. The molecule has 18 heavy (non-hydrogen) atoms. The Morgan fingerprint density at radius 1 is 1.33 bits per heavy atom. The Morgan fingerprint density at radius 2 is 2.11 bits per heavy atom. The molecule has 1 aromatic heterocycles. The zero-order chi connectivity index (χ0) is 13.4. The van der Waals surface area contributed by atoms with E-state index in [1.807, 2.05) is 0 Å². The van der Waals surface area contributed by atoms with Gasteiger partial charge in [0.15, 0.2) is 5.82 Å². The lowest BCUT2D eigenvalue weighted by Crippen LogP contribution is -2.20. The van der Waals surface area contributed by atoms with Crippen LogP contribution in [-0.4, -0.2) is 37.0 Å². The molecule has 0 fully saturated rings. The second kappa shape index (κ2) is 7.38. The molecule has 1 rings (SSSR count). The molecule has 0 unspecified atom stereocenters. The van der Waals surface area contributed by atoms with Crippen molar-refractivity contribution in [2.45, 2.75) is 26.2 Å². The molecule has 0 radical (unpaired) electrons. The number of aryl methyl sites for hydroxylation is 1. The summed E-state index contributed by atoms with van der Waals surface area (Å²) in [7, 11) is -1.52. The third kappa shape index (κ3) is 6.02. The van der Waals surface area contributed by atoms with Gasteiger partial charge in [-0.1, -0.05) is 6.92 Å². The predicted octanol–water partition coefficient (Wildman–Crippen LogP) is 0.942. The average Bonchev–Trinajstić information content (AvgIpc) is 2.68. The molecule has 1 aromatic rings. The molecule has 0 aliphatic rings. The molecule has 0 aromatic carbocycles. The van der Waals surface area contributed by atoms with Crippen molar-refractivity contribution in [3.63, 3.8) is 0 Å². The first-order chi connectivity index (χ1) is 8.53.